The summed E-state index contributed by atoms with van der Waals surface area (Å²) >= 11 is 0. The lowest BCUT2D eigenvalue weighted by molar-refractivity contribution is -0.141. The molecule has 1 aromatic heterocycles. The molecule has 2 aromatic rings. The molecule has 1 fully saturated rings. The Morgan fingerprint density at radius 2 is 1.66 bits per heavy atom. The Labute approximate surface area is 180 Å². The lowest BCUT2D eigenvalue weighted by atomic mass is 9.94. The predicted molar refractivity (Wildman–Crippen MR) is 102 cm³/mol. The first-order valence-electron chi connectivity index (χ1n) is 9.30. The Balaban J connectivity index is 1.89. The molecule has 0 bridgehead atoms. The normalized spacial score (nSPS) is 18.3. The fourth-order valence-electron chi connectivity index (χ4n) is 3.50. The highest BCUT2D eigenvalue weighted by molar-refractivity contribution is 7.92. The van der Waals surface area contributed by atoms with Crippen molar-refractivity contribution in [1.29, 1.82) is 0 Å². The third-order valence-electron chi connectivity index (χ3n) is 5.62. The van der Waals surface area contributed by atoms with Gasteiger partial charge in [-0.25, -0.2) is 13.4 Å². The Morgan fingerprint density at radius 3 is 2.19 bits per heavy atom. The standard InChI is InChI=1S/C20H18F6N2O3S/c1-18(2,32(30,31)15-5-3-4-12(8-15)19(21,22)23)13-9-17(29)28(11-13)14-6-7-16(27-10-14)20(24,25)26/h3-8,10,13H,9,11H2,1-2H3/t13-/m1/s1. The topological polar surface area (TPSA) is 67.3 Å². The molecule has 1 aromatic carbocycles. The Kier molecular flexibility index (Phi) is 5.82. The largest absolute Gasteiger partial charge is 0.433 e. The number of carbonyl (C=O) groups is 1. The number of amides is 1. The van der Waals surface area contributed by atoms with Gasteiger partial charge < -0.3 is 4.90 Å². The smallest absolute Gasteiger partial charge is 0.311 e. The summed E-state index contributed by atoms with van der Waals surface area (Å²) in [5.41, 5.74) is -2.19. The minimum atomic E-state index is -4.73. The van der Waals surface area contributed by atoms with Gasteiger partial charge in [0, 0.05) is 18.9 Å². The number of hydrogen-bond donors (Lipinski definition) is 0. The summed E-state index contributed by atoms with van der Waals surface area (Å²) in [6.45, 7) is 2.49. The lowest BCUT2D eigenvalue weighted by Crippen LogP contribution is -2.41. The zero-order valence-corrected chi connectivity index (χ0v) is 17.6. The van der Waals surface area contributed by atoms with E-state index in [0.717, 1.165) is 35.4 Å². The summed E-state index contributed by atoms with van der Waals surface area (Å²) in [5.74, 6) is -1.35. The van der Waals surface area contributed by atoms with Crippen molar-refractivity contribution in [3.63, 3.8) is 0 Å². The molecular weight excluding hydrogens is 462 g/mol. The molecule has 12 heteroatoms. The molecule has 0 N–H and O–H groups in total. The van der Waals surface area contributed by atoms with Crippen LogP contribution < -0.4 is 4.90 Å². The molecule has 1 aliphatic heterocycles. The van der Waals surface area contributed by atoms with E-state index in [0.29, 0.717) is 12.1 Å². The van der Waals surface area contributed by atoms with E-state index >= 15 is 0 Å². The monoisotopic (exact) mass is 480 g/mol. The Bertz CT molecular complexity index is 1130. The number of rotatable bonds is 4. The van der Waals surface area contributed by atoms with Gasteiger partial charge in [0.2, 0.25) is 5.91 Å². The highest BCUT2D eigenvalue weighted by atomic mass is 32.2. The maximum absolute atomic E-state index is 13.2. The number of pyridine rings is 1. The van der Waals surface area contributed by atoms with Crippen LogP contribution in [-0.2, 0) is 27.0 Å². The fraction of sp³-hybridized carbons (Fsp3) is 0.400. The summed E-state index contributed by atoms with van der Waals surface area (Å²) in [5, 5.41) is 0. The number of nitrogens with zero attached hydrogens (tertiary/aromatic N) is 2. The quantitative estimate of drug-likeness (QED) is 0.594. The fourth-order valence-corrected chi connectivity index (χ4v) is 5.24. The van der Waals surface area contributed by atoms with Crippen LogP contribution in [0.25, 0.3) is 0 Å². The highest BCUT2D eigenvalue weighted by Crippen LogP contribution is 2.40. The number of alkyl halides is 6. The second kappa shape index (κ2) is 7.75. The molecule has 0 unspecified atom stereocenters. The maximum Gasteiger partial charge on any atom is 0.433 e. The van der Waals surface area contributed by atoms with Crippen molar-refractivity contribution in [1.82, 2.24) is 4.98 Å². The van der Waals surface area contributed by atoms with Gasteiger partial charge in [0.1, 0.15) is 5.69 Å². The summed E-state index contributed by atoms with van der Waals surface area (Å²) in [4.78, 5) is 16.4. The Morgan fingerprint density at radius 1 is 1.00 bits per heavy atom. The molecule has 0 saturated carbocycles. The van der Waals surface area contributed by atoms with E-state index in [-0.39, 0.29) is 18.7 Å². The first-order valence-corrected chi connectivity index (χ1v) is 10.8. The van der Waals surface area contributed by atoms with Crippen LogP contribution in [-0.4, -0.2) is 30.6 Å². The zero-order valence-electron chi connectivity index (χ0n) is 16.8. The summed E-state index contributed by atoms with van der Waals surface area (Å²) in [6.07, 6.45) is -8.76. The van der Waals surface area contributed by atoms with Crippen LogP contribution in [0.15, 0.2) is 47.5 Å². The molecular formula is C20H18F6N2O3S. The van der Waals surface area contributed by atoms with Gasteiger partial charge in [0.15, 0.2) is 9.84 Å². The molecule has 2 heterocycles. The third kappa shape index (κ3) is 4.32. The van der Waals surface area contributed by atoms with Crippen LogP contribution in [0.5, 0.6) is 0 Å². The molecule has 1 aliphatic rings. The number of halogens is 6. The van der Waals surface area contributed by atoms with Crippen molar-refractivity contribution in [3.8, 4) is 0 Å². The zero-order chi connectivity index (χ0) is 24.1. The van der Waals surface area contributed by atoms with Crippen molar-refractivity contribution in [2.24, 2.45) is 5.92 Å². The highest BCUT2D eigenvalue weighted by Gasteiger charge is 2.48. The number of anilines is 1. The molecule has 0 spiro atoms. The first kappa shape index (κ1) is 24.0. The number of carbonyl (C=O) groups excluding carboxylic acids is 1. The molecule has 1 saturated heterocycles. The molecule has 1 atom stereocenters. The molecule has 5 nitrogen and oxygen atoms in total. The van der Waals surface area contributed by atoms with Crippen molar-refractivity contribution in [2.75, 3.05) is 11.4 Å². The molecule has 1 amide bonds. The van der Waals surface area contributed by atoms with Gasteiger partial charge in [-0.05, 0) is 44.2 Å². The second-order valence-corrected chi connectivity index (χ2v) is 10.5. The lowest BCUT2D eigenvalue weighted by Gasteiger charge is -2.31. The van der Waals surface area contributed by atoms with Gasteiger partial charge in [0.05, 0.1) is 27.1 Å². The van der Waals surface area contributed by atoms with E-state index in [1.165, 1.54) is 13.8 Å². The van der Waals surface area contributed by atoms with Crippen molar-refractivity contribution in [3.05, 3.63) is 53.9 Å². The van der Waals surface area contributed by atoms with Crippen LogP contribution in [0, 0.1) is 5.92 Å². The van der Waals surface area contributed by atoms with Gasteiger partial charge in [-0.3, -0.25) is 4.79 Å². The van der Waals surface area contributed by atoms with Gasteiger partial charge in [-0.2, -0.15) is 26.3 Å². The van der Waals surface area contributed by atoms with Crippen molar-refractivity contribution in [2.45, 2.75) is 42.3 Å². The molecule has 32 heavy (non-hydrogen) atoms. The number of sulfone groups is 1. The van der Waals surface area contributed by atoms with Crippen molar-refractivity contribution >= 4 is 21.4 Å². The summed E-state index contributed by atoms with van der Waals surface area (Å²) in [7, 11) is -4.30. The Hall–Kier alpha value is -2.63. The van der Waals surface area contributed by atoms with E-state index in [2.05, 4.69) is 4.98 Å². The van der Waals surface area contributed by atoms with E-state index in [4.69, 9.17) is 0 Å². The van der Waals surface area contributed by atoms with E-state index in [1.807, 2.05) is 0 Å². The van der Waals surface area contributed by atoms with Crippen LogP contribution in [0.1, 0.15) is 31.5 Å². The maximum atomic E-state index is 13.2. The van der Waals surface area contributed by atoms with E-state index in [1.54, 1.807) is 0 Å². The van der Waals surface area contributed by atoms with Crippen LogP contribution in [0.2, 0.25) is 0 Å². The van der Waals surface area contributed by atoms with Gasteiger partial charge in [0.25, 0.3) is 0 Å². The minimum absolute atomic E-state index is 0.0674. The second-order valence-electron chi connectivity index (χ2n) is 7.94. The third-order valence-corrected chi connectivity index (χ3v) is 8.22. The van der Waals surface area contributed by atoms with Crippen LogP contribution in [0.4, 0.5) is 32.0 Å². The summed E-state index contributed by atoms with van der Waals surface area (Å²) in [6, 6.07) is 5.12. The molecule has 3 rings (SSSR count). The molecule has 174 valence electrons. The average Bonchev–Trinajstić information content (AvgIpc) is 3.09. The van der Waals surface area contributed by atoms with Gasteiger partial charge in [-0.15, -0.1) is 0 Å². The number of benzene rings is 1. The first-order chi connectivity index (χ1) is 14.5. The van der Waals surface area contributed by atoms with Crippen molar-refractivity contribution < 1.29 is 39.6 Å². The number of aromatic nitrogens is 1. The van der Waals surface area contributed by atoms with Crippen LogP contribution in [0.3, 0.4) is 0 Å². The van der Waals surface area contributed by atoms with E-state index < -0.39 is 54.9 Å². The molecule has 0 radical (unpaired) electrons. The van der Waals surface area contributed by atoms with Gasteiger partial charge in [-0.1, -0.05) is 6.07 Å². The average molecular weight is 480 g/mol. The van der Waals surface area contributed by atoms with E-state index in [9.17, 15) is 39.6 Å². The predicted octanol–water partition coefficient (Wildman–Crippen LogP) is 4.72. The summed E-state index contributed by atoms with van der Waals surface area (Å²) < 4.78 is 102. The minimum Gasteiger partial charge on any atom is -0.311 e. The van der Waals surface area contributed by atoms with Crippen LogP contribution >= 0.6 is 0 Å². The number of hydrogen-bond acceptors (Lipinski definition) is 4. The SMILES string of the molecule is CC(C)([C@@H]1CC(=O)N(c2ccc(C(F)(F)F)nc2)C1)S(=O)(=O)c1cccc(C(F)(F)F)c1. The van der Waals surface area contributed by atoms with Gasteiger partial charge >= 0.3 is 12.4 Å². The molecule has 0 aliphatic carbocycles.